The number of carbonyl (C=O) groups excluding carboxylic acids is 1. The number of aryl methyl sites for hydroxylation is 1. The van der Waals surface area contributed by atoms with E-state index in [1.165, 1.54) is 0 Å². The number of carbonyl (C=O) groups is 1. The Morgan fingerprint density at radius 3 is 2.16 bits per heavy atom. The normalized spacial score (nSPS) is 11.9. The Kier molecular flexibility index (Phi) is 7.11. The van der Waals surface area contributed by atoms with Gasteiger partial charge in [0.25, 0.3) is 0 Å². The predicted octanol–water partition coefficient (Wildman–Crippen LogP) is 5.08. The number of hydrogen-bond acceptors (Lipinski definition) is 3. The number of rotatable bonds is 5. The number of esters is 1. The molecule has 1 unspecified atom stereocenters. The van der Waals surface area contributed by atoms with E-state index in [2.05, 4.69) is 16.6 Å². The van der Waals surface area contributed by atoms with Crippen LogP contribution in [-0.2, 0) is 16.0 Å². The van der Waals surface area contributed by atoms with Crippen LogP contribution in [0.1, 0.15) is 23.1 Å². The lowest BCUT2D eigenvalue weighted by Gasteiger charge is -2.14. The van der Waals surface area contributed by atoms with Crippen molar-refractivity contribution in [1.82, 2.24) is 0 Å². The van der Waals surface area contributed by atoms with Crippen LogP contribution in [0.5, 0.6) is 0 Å². The standard InChI is InChI=1S/C25H20F3NO2/c26-25(27,28)24(30)31-23(29)15-14-19-7-4-6-18(16-19)12-13-20-8-5-11-22(17-20)21-9-2-1-3-10-21/h1-11,16-17,23H,14-15,29H2. The maximum atomic E-state index is 12.2. The van der Waals surface area contributed by atoms with Crippen molar-refractivity contribution in [3.63, 3.8) is 0 Å². The van der Waals surface area contributed by atoms with Gasteiger partial charge in [-0.25, -0.2) is 4.79 Å². The van der Waals surface area contributed by atoms with E-state index in [1.54, 1.807) is 0 Å². The Hall–Kier alpha value is -3.56. The molecule has 31 heavy (non-hydrogen) atoms. The van der Waals surface area contributed by atoms with Gasteiger partial charge in [0.15, 0.2) is 6.23 Å². The minimum absolute atomic E-state index is 0.0673. The van der Waals surface area contributed by atoms with E-state index in [0.29, 0.717) is 6.42 Å². The zero-order valence-electron chi connectivity index (χ0n) is 16.5. The smallest absolute Gasteiger partial charge is 0.440 e. The summed E-state index contributed by atoms with van der Waals surface area (Å²) in [6.07, 6.45) is -5.96. The fourth-order valence-corrected chi connectivity index (χ4v) is 2.93. The second-order valence-electron chi connectivity index (χ2n) is 6.88. The molecule has 0 fully saturated rings. The highest BCUT2D eigenvalue weighted by atomic mass is 19.4. The molecule has 3 rings (SSSR count). The average Bonchev–Trinajstić information content (AvgIpc) is 2.77. The van der Waals surface area contributed by atoms with Gasteiger partial charge in [-0.1, -0.05) is 66.4 Å². The summed E-state index contributed by atoms with van der Waals surface area (Å²) < 4.78 is 40.9. The molecule has 158 valence electrons. The molecule has 0 bridgehead atoms. The molecular weight excluding hydrogens is 403 g/mol. The highest BCUT2D eigenvalue weighted by molar-refractivity contribution is 5.75. The zero-order valence-corrected chi connectivity index (χ0v) is 16.5. The van der Waals surface area contributed by atoms with Crippen LogP contribution in [0.25, 0.3) is 11.1 Å². The van der Waals surface area contributed by atoms with E-state index in [9.17, 15) is 18.0 Å². The van der Waals surface area contributed by atoms with Crippen molar-refractivity contribution in [2.45, 2.75) is 25.2 Å². The van der Waals surface area contributed by atoms with E-state index in [4.69, 9.17) is 5.73 Å². The highest BCUT2D eigenvalue weighted by Gasteiger charge is 2.41. The quantitative estimate of drug-likeness (QED) is 0.354. The van der Waals surface area contributed by atoms with Gasteiger partial charge in [0, 0.05) is 17.5 Å². The van der Waals surface area contributed by atoms with Crippen molar-refractivity contribution in [2.24, 2.45) is 5.73 Å². The van der Waals surface area contributed by atoms with Crippen LogP contribution in [-0.4, -0.2) is 18.4 Å². The highest BCUT2D eigenvalue weighted by Crippen LogP contribution is 2.20. The molecule has 0 amide bonds. The van der Waals surface area contributed by atoms with Gasteiger partial charge in [0.2, 0.25) is 0 Å². The molecule has 3 aromatic carbocycles. The zero-order chi connectivity index (χ0) is 22.3. The fourth-order valence-electron chi connectivity index (χ4n) is 2.93. The summed E-state index contributed by atoms with van der Waals surface area (Å²) in [5.41, 5.74) is 10.1. The molecule has 0 radical (unpaired) electrons. The molecule has 0 heterocycles. The molecule has 0 spiro atoms. The van der Waals surface area contributed by atoms with Gasteiger partial charge in [-0.2, -0.15) is 13.2 Å². The Balaban J connectivity index is 1.64. The third kappa shape index (κ3) is 6.73. The lowest BCUT2D eigenvalue weighted by molar-refractivity contribution is -0.204. The van der Waals surface area contributed by atoms with E-state index in [0.717, 1.165) is 27.8 Å². The van der Waals surface area contributed by atoms with Crippen molar-refractivity contribution >= 4 is 5.97 Å². The van der Waals surface area contributed by atoms with Crippen LogP contribution < -0.4 is 5.73 Å². The molecular formula is C25H20F3NO2. The molecule has 0 saturated heterocycles. The largest absolute Gasteiger partial charge is 0.490 e. The van der Waals surface area contributed by atoms with Crippen LogP contribution >= 0.6 is 0 Å². The van der Waals surface area contributed by atoms with Gasteiger partial charge in [-0.15, -0.1) is 0 Å². The van der Waals surface area contributed by atoms with Crippen LogP contribution in [0.4, 0.5) is 13.2 Å². The molecule has 0 aliphatic carbocycles. The minimum Gasteiger partial charge on any atom is -0.440 e. The van der Waals surface area contributed by atoms with Crippen LogP contribution in [0.3, 0.4) is 0 Å². The van der Waals surface area contributed by atoms with E-state index in [-0.39, 0.29) is 6.42 Å². The fraction of sp³-hybridized carbons (Fsp3) is 0.160. The van der Waals surface area contributed by atoms with Gasteiger partial charge >= 0.3 is 12.1 Å². The number of nitrogens with two attached hydrogens (primary N) is 1. The maximum Gasteiger partial charge on any atom is 0.490 e. The van der Waals surface area contributed by atoms with Crippen molar-refractivity contribution in [2.75, 3.05) is 0 Å². The van der Waals surface area contributed by atoms with Crippen molar-refractivity contribution in [1.29, 1.82) is 0 Å². The number of alkyl halides is 3. The number of halogens is 3. The Labute approximate surface area is 178 Å². The first-order valence-corrected chi connectivity index (χ1v) is 9.61. The van der Waals surface area contributed by atoms with E-state index in [1.807, 2.05) is 78.9 Å². The average molecular weight is 423 g/mol. The Morgan fingerprint density at radius 2 is 1.48 bits per heavy atom. The maximum absolute atomic E-state index is 12.2. The van der Waals surface area contributed by atoms with E-state index < -0.39 is 18.4 Å². The molecule has 0 aliphatic rings. The third-order valence-electron chi connectivity index (χ3n) is 4.46. The third-order valence-corrected chi connectivity index (χ3v) is 4.46. The van der Waals surface area contributed by atoms with Gasteiger partial charge in [0.1, 0.15) is 0 Å². The summed E-state index contributed by atoms with van der Waals surface area (Å²) in [5, 5.41) is 0. The summed E-state index contributed by atoms with van der Waals surface area (Å²) in [6.45, 7) is 0. The Bertz CT molecular complexity index is 1100. The monoisotopic (exact) mass is 423 g/mol. The molecule has 0 aromatic heterocycles. The number of benzene rings is 3. The minimum atomic E-state index is -5.05. The van der Waals surface area contributed by atoms with Gasteiger partial charge < -0.3 is 4.74 Å². The molecule has 6 heteroatoms. The Morgan fingerprint density at radius 1 is 0.871 bits per heavy atom. The summed E-state index contributed by atoms with van der Waals surface area (Å²) in [6, 6.07) is 25.2. The SMILES string of the molecule is NC(CCc1cccc(C#Cc2cccc(-c3ccccc3)c2)c1)OC(=O)C(F)(F)F. The first kappa shape index (κ1) is 22.1. The summed E-state index contributed by atoms with van der Waals surface area (Å²) >= 11 is 0. The first-order valence-electron chi connectivity index (χ1n) is 9.61. The lowest BCUT2D eigenvalue weighted by atomic mass is 10.0. The van der Waals surface area contributed by atoms with Gasteiger partial charge in [-0.05, 0) is 47.4 Å². The molecule has 2 N–H and O–H groups in total. The second kappa shape index (κ2) is 9.96. The van der Waals surface area contributed by atoms with Gasteiger partial charge in [-0.3, -0.25) is 5.73 Å². The summed E-state index contributed by atoms with van der Waals surface area (Å²) in [5.74, 6) is 3.96. The van der Waals surface area contributed by atoms with Gasteiger partial charge in [0.05, 0.1) is 0 Å². The van der Waals surface area contributed by atoms with Crippen LogP contribution in [0, 0.1) is 11.8 Å². The topological polar surface area (TPSA) is 52.3 Å². The van der Waals surface area contributed by atoms with Crippen molar-refractivity contribution < 1.29 is 22.7 Å². The first-order chi connectivity index (χ1) is 14.8. The second-order valence-corrected chi connectivity index (χ2v) is 6.88. The molecule has 0 aliphatic heterocycles. The summed E-state index contributed by atoms with van der Waals surface area (Å²) in [7, 11) is 0. The van der Waals surface area contributed by atoms with E-state index >= 15 is 0 Å². The van der Waals surface area contributed by atoms with Crippen LogP contribution in [0.15, 0.2) is 78.9 Å². The predicted molar refractivity (Wildman–Crippen MR) is 113 cm³/mol. The van der Waals surface area contributed by atoms with Crippen molar-refractivity contribution in [3.8, 4) is 23.0 Å². The molecule has 3 nitrogen and oxygen atoms in total. The van der Waals surface area contributed by atoms with Crippen molar-refractivity contribution in [3.05, 3.63) is 95.6 Å². The molecule has 3 aromatic rings. The molecule has 0 saturated carbocycles. The summed E-state index contributed by atoms with van der Waals surface area (Å²) in [4.78, 5) is 10.8. The molecule has 1 atom stereocenters. The number of hydrogen-bond donors (Lipinski definition) is 1. The lowest BCUT2D eigenvalue weighted by Crippen LogP contribution is -2.34. The number of ether oxygens (including phenoxy) is 1. The van der Waals surface area contributed by atoms with Crippen LogP contribution in [0.2, 0.25) is 0 Å².